The van der Waals surface area contributed by atoms with E-state index in [0.29, 0.717) is 24.3 Å². The Morgan fingerprint density at radius 1 is 1.27 bits per heavy atom. The van der Waals surface area contributed by atoms with Crippen LogP contribution in [0.15, 0.2) is 18.2 Å². The molecule has 0 aliphatic carbocycles. The van der Waals surface area contributed by atoms with Gasteiger partial charge in [-0.15, -0.1) is 0 Å². The van der Waals surface area contributed by atoms with Crippen LogP contribution in [-0.4, -0.2) is 26.3 Å². The molecule has 1 unspecified atom stereocenters. The molecule has 0 spiro atoms. The highest BCUT2D eigenvalue weighted by atomic mass is 19.4. The van der Waals surface area contributed by atoms with Crippen molar-refractivity contribution in [3.05, 3.63) is 29.3 Å². The largest absolute Gasteiger partial charge is 0.416 e. The second-order valence-electron chi connectivity index (χ2n) is 5.14. The Morgan fingerprint density at radius 2 is 1.95 bits per heavy atom. The summed E-state index contributed by atoms with van der Waals surface area (Å²) in [6.07, 6.45) is -1.95. The highest BCUT2D eigenvalue weighted by Crippen LogP contribution is 2.36. The summed E-state index contributed by atoms with van der Waals surface area (Å²) in [7, 11) is 1.62. The van der Waals surface area contributed by atoms with Crippen molar-refractivity contribution in [2.75, 3.05) is 25.2 Å². The quantitative estimate of drug-likeness (QED) is 0.782. The summed E-state index contributed by atoms with van der Waals surface area (Å²) in [5.74, 6) is 0. The Kier molecular flexibility index (Phi) is 7.20. The SMILES string of the molecule is CC.CCc1ccc(N2CCCC2COC)cc1C(F)(F)F. The molecule has 2 rings (SSSR count). The second kappa shape index (κ2) is 8.42. The van der Waals surface area contributed by atoms with Gasteiger partial charge in [-0.2, -0.15) is 13.2 Å². The van der Waals surface area contributed by atoms with Crippen LogP contribution >= 0.6 is 0 Å². The minimum Gasteiger partial charge on any atom is -0.383 e. The number of halogens is 3. The van der Waals surface area contributed by atoms with E-state index in [1.54, 1.807) is 26.2 Å². The summed E-state index contributed by atoms with van der Waals surface area (Å²) in [5.41, 5.74) is 0.485. The topological polar surface area (TPSA) is 12.5 Å². The molecular weight excluding hydrogens is 291 g/mol. The predicted molar refractivity (Wildman–Crippen MR) is 84.4 cm³/mol. The van der Waals surface area contributed by atoms with Gasteiger partial charge >= 0.3 is 6.18 Å². The second-order valence-corrected chi connectivity index (χ2v) is 5.14. The van der Waals surface area contributed by atoms with Gasteiger partial charge in [0.1, 0.15) is 0 Å². The average Bonchev–Trinajstić information content (AvgIpc) is 2.96. The molecule has 1 aliphatic rings. The van der Waals surface area contributed by atoms with Crippen LogP contribution in [0.25, 0.3) is 0 Å². The van der Waals surface area contributed by atoms with Crippen LogP contribution in [0.4, 0.5) is 18.9 Å². The van der Waals surface area contributed by atoms with Gasteiger partial charge in [0.2, 0.25) is 0 Å². The van der Waals surface area contributed by atoms with Crippen molar-refractivity contribution in [1.82, 2.24) is 0 Å². The van der Waals surface area contributed by atoms with Gasteiger partial charge in [0.15, 0.2) is 0 Å². The molecule has 1 heterocycles. The number of hydrogen-bond acceptors (Lipinski definition) is 2. The van der Waals surface area contributed by atoms with Crippen molar-refractivity contribution in [2.45, 2.75) is 52.3 Å². The first-order chi connectivity index (χ1) is 10.5. The highest BCUT2D eigenvalue weighted by Gasteiger charge is 2.34. The monoisotopic (exact) mass is 317 g/mol. The van der Waals surface area contributed by atoms with E-state index < -0.39 is 11.7 Å². The van der Waals surface area contributed by atoms with Gasteiger partial charge < -0.3 is 9.64 Å². The summed E-state index contributed by atoms with van der Waals surface area (Å²) >= 11 is 0. The normalized spacial score (nSPS) is 18.1. The molecule has 1 aromatic rings. The fraction of sp³-hybridized carbons (Fsp3) is 0.647. The predicted octanol–water partition coefficient (Wildman–Crippen LogP) is 4.91. The third-order valence-corrected chi connectivity index (χ3v) is 3.85. The molecule has 0 radical (unpaired) electrons. The molecule has 1 saturated heterocycles. The Balaban J connectivity index is 0.00000116. The summed E-state index contributed by atoms with van der Waals surface area (Å²) in [6.45, 7) is 7.08. The number of aryl methyl sites for hydroxylation is 1. The van der Waals surface area contributed by atoms with E-state index in [-0.39, 0.29) is 6.04 Å². The molecule has 1 fully saturated rings. The number of anilines is 1. The lowest BCUT2D eigenvalue weighted by atomic mass is 10.0. The minimum atomic E-state index is -4.29. The first-order valence-corrected chi connectivity index (χ1v) is 7.93. The van der Waals surface area contributed by atoms with Crippen LogP contribution in [-0.2, 0) is 17.3 Å². The number of hydrogen-bond donors (Lipinski definition) is 0. The number of alkyl halides is 3. The van der Waals surface area contributed by atoms with Gasteiger partial charge in [0, 0.05) is 19.3 Å². The van der Waals surface area contributed by atoms with Gasteiger partial charge in [-0.25, -0.2) is 0 Å². The maximum Gasteiger partial charge on any atom is 0.416 e. The zero-order valence-corrected chi connectivity index (χ0v) is 13.8. The van der Waals surface area contributed by atoms with E-state index in [1.165, 1.54) is 6.07 Å². The summed E-state index contributed by atoms with van der Waals surface area (Å²) < 4.78 is 44.5. The van der Waals surface area contributed by atoms with Crippen molar-refractivity contribution in [1.29, 1.82) is 0 Å². The zero-order chi connectivity index (χ0) is 16.8. The van der Waals surface area contributed by atoms with E-state index >= 15 is 0 Å². The zero-order valence-electron chi connectivity index (χ0n) is 13.8. The van der Waals surface area contributed by atoms with Crippen molar-refractivity contribution in [3.63, 3.8) is 0 Å². The Bertz CT molecular complexity index is 460. The third kappa shape index (κ3) is 4.38. The lowest BCUT2D eigenvalue weighted by Crippen LogP contribution is -2.33. The molecular formula is C17H26F3NO. The molecule has 0 aromatic heterocycles. The maximum absolute atomic E-state index is 13.1. The molecule has 22 heavy (non-hydrogen) atoms. The van der Waals surface area contributed by atoms with E-state index in [1.807, 2.05) is 18.7 Å². The Morgan fingerprint density at radius 3 is 2.50 bits per heavy atom. The van der Waals surface area contributed by atoms with Crippen LogP contribution in [0.1, 0.15) is 44.7 Å². The first-order valence-electron chi connectivity index (χ1n) is 7.93. The molecule has 0 N–H and O–H groups in total. The molecule has 1 atom stereocenters. The van der Waals surface area contributed by atoms with Gasteiger partial charge in [0.05, 0.1) is 18.2 Å². The number of benzene rings is 1. The fourth-order valence-corrected chi connectivity index (χ4v) is 2.86. The number of ether oxygens (including phenoxy) is 1. The smallest absolute Gasteiger partial charge is 0.383 e. The maximum atomic E-state index is 13.1. The molecule has 0 bridgehead atoms. The van der Waals surface area contributed by atoms with Gasteiger partial charge in [-0.1, -0.05) is 26.8 Å². The highest BCUT2D eigenvalue weighted by molar-refractivity contribution is 5.53. The van der Waals surface area contributed by atoms with Crippen molar-refractivity contribution >= 4 is 5.69 Å². The van der Waals surface area contributed by atoms with Crippen molar-refractivity contribution in [3.8, 4) is 0 Å². The molecule has 2 nitrogen and oxygen atoms in total. The van der Waals surface area contributed by atoms with E-state index in [0.717, 1.165) is 19.4 Å². The van der Waals surface area contributed by atoms with Crippen LogP contribution in [0.3, 0.4) is 0 Å². The molecule has 1 aliphatic heterocycles. The lowest BCUT2D eigenvalue weighted by molar-refractivity contribution is -0.138. The van der Waals surface area contributed by atoms with Gasteiger partial charge in [0.25, 0.3) is 0 Å². The summed E-state index contributed by atoms with van der Waals surface area (Å²) in [6, 6.07) is 4.85. The first kappa shape index (κ1) is 18.8. The average molecular weight is 317 g/mol. The lowest BCUT2D eigenvalue weighted by Gasteiger charge is -2.27. The summed E-state index contributed by atoms with van der Waals surface area (Å²) in [5, 5.41) is 0. The Hall–Kier alpha value is -1.23. The van der Waals surface area contributed by atoms with Gasteiger partial charge in [-0.05, 0) is 37.0 Å². The van der Waals surface area contributed by atoms with Crippen molar-refractivity contribution in [2.24, 2.45) is 0 Å². The number of rotatable bonds is 4. The van der Waals surface area contributed by atoms with E-state index in [2.05, 4.69) is 0 Å². The van der Waals surface area contributed by atoms with Crippen LogP contribution in [0.5, 0.6) is 0 Å². The number of nitrogens with zero attached hydrogens (tertiary/aromatic N) is 1. The third-order valence-electron chi connectivity index (χ3n) is 3.85. The summed E-state index contributed by atoms with van der Waals surface area (Å²) in [4.78, 5) is 2.03. The molecule has 0 amide bonds. The van der Waals surface area contributed by atoms with Gasteiger partial charge in [-0.3, -0.25) is 0 Å². The van der Waals surface area contributed by atoms with Crippen LogP contribution in [0.2, 0.25) is 0 Å². The molecule has 1 aromatic carbocycles. The molecule has 5 heteroatoms. The van der Waals surface area contributed by atoms with E-state index in [9.17, 15) is 13.2 Å². The minimum absolute atomic E-state index is 0.175. The number of methoxy groups -OCH3 is 1. The van der Waals surface area contributed by atoms with Crippen LogP contribution < -0.4 is 4.90 Å². The molecule has 126 valence electrons. The van der Waals surface area contributed by atoms with Crippen LogP contribution in [0, 0.1) is 0 Å². The van der Waals surface area contributed by atoms with E-state index in [4.69, 9.17) is 4.74 Å². The standard InChI is InChI=1S/C15H20F3NO.C2H6/c1-3-11-6-7-12(9-14(11)15(16,17)18)19-8-4-5-13(19)10-20-2;1-2/h6-7,9,13H,3-5,8,10H2,1-2H3;1-2H3. The fourth-order valence-electron chi connectivity index (χ4n) is 2.86. The Labute approximate surface area is 131 Å². The molecule has 0 saturated carbocycles. The van der Waals surface area contributed by atoms with Crippen molar-refractivity contribution < 1.29 is 17.9 Å².